The molecule has 0 fully saturated rings. The van der Waals surface area contributed by atoms with Gasteiger partial charge in [0.2, 0.25) is 0 Å². The largest absolute Gasteiger partial charge is 0.396 e. The highest BCUT2D eigenvalue weighted by Crippen LogP contribution is 2.11. The molecule has 1 aromatic heterocycles. The molecule has 0 bridgehead atoms. The van der Waals surface area contributed by atoms with E-state index in [1.807, 2.05) is 6.07 Å². The van der Waals surface area contributed by atoms with Crippen LogP contribution >= 0.6 is 0 Å². The van der Waals surface area contributed by atoms with Crippen molar-refractivity contribution in [2.24, 2.45) is 0 Å². The van der Waals surface area contributed by atoms with Crippen LogP contribution in [0.15, 0.2) is 12.1 Å². The van der Waals surface area contributed by atoms with E-state index in [0.29, 0.717) is 24.5 Å². The van der Waals surface area contributed by atoms with Crippen molar-refractivity contribution in [3.63, 3.8) is 0 Å². The molecule has 92 valence electrons. The van der Waals surface area contributed by atoms with Gasteiger partial charge in [-0.2, -0.15) is 5.26 Å². The first kappa shape index (κ1) is 13.3. The molecule has 7 heteroatoms. The van der Waals surface area contributed by atoms with Gasteiger partial charge in [0.1, 0.15) is 21.7 Å². The average Bonchev–Trinajstić information content (AvgIpc) is 2.25. The third-order valence-corrected chi connectivity index (χ3v) is 3.06. The zero-order chi connectivity index (χ0) is 12.9. The highest BCUT2D eigenvalue weighted by molar-refractivity contribution is 7.90. The summed E-state index contributed by atoms with van der Waals surface area (Å²) in [5, 5.41) is 11.7. The van der Waals surface area contributed by atoms with Gasteiger partial charge in [0.05, 0.1) is 11.4 Å². The number of anilines is 2. The molecule has 0 saturated carbocycles. The van der Waals surface area contributed by atoms with Gasteiger partial charge in [0.25, 0.3) is 0 Å². The molecule has 0 spiro atoms. The number of rotatable bonds is 5. The Labute approximate surface area is 100 Å². The lowest BCUT2D eigenvalue weighted by molar-refractivity contribution is 0.600. The van der Waals surface area contributed by atoms with Gasteiger partial charge in [0.15, 0.2) is 5.69 Å². The number of nitrogen functional groups attached to an aromatic ring is 1. The van der Waals surface area contributed by atoms with Crippen molar-refractivity contribution in [1.82, 2.24) is 4.98 Å². The number of sulfone groups is 1. The Balaban J connectivity index is 2.51. The Kier molecular flexibility index (Phi) is 4.29. The van der Waals surface area contributed by atoms with E-state index in [9.17, 15) is 8.42 Å². The topological polar surface area (TPSA) is 109 Å². The summed E-state index contributed by atoms with van der Waals surface area (Å²) in [6.07, 6.45) is 1.69. The summed E-state index contributed by atoms with van der Waals surface area (Å²) in [6, 6.07) is 5.12. The molecule has 0 aliphatic rings. The number of pyridine rings is 1. The van der Waals surface area contributed by atoms with Crippen LogP contribution in [-0.4, -0.2) is 32.0 Å². The highest BCUT2D eigenvalue weighted by atomic mass is 32.2. The third-order valence-electron chi connectivity index (χ3n) is 2.03. The molecule has 0 unspecified atom stereocenters. The zero-order valence-electron chi connectivity index (χ0n) is 9.47. The normalized spacial score (nSPS) is 10.8. The Morgan fingerprint density at radius 2 is 2.24 bits per heavy atom. The summed E-state index contributed by atoms with van der Waals surface area (Å²) in [5.74, 6) is 0.643. The van der Waals surface area contributed by atoms with Crippen LogP contribution in [0, 0.1) is 11.3 Å². The summed E-state index contributed by atoms with van der Waals surface area (Å²) in [6.45, 7) is 0.481. The smallest absolute Gasteiger partial charge is 0.165 e. The molecule has 17 heavy (non-hydrogen) atoms. The highest BCUT2D eigenvalue weighted by Gasteiger charge is 2.03. The van der Waals surface area contributed by atoms with Crippen molar-refractivity contribution >= 4 is 21.3 Å². The van der Waals surface area contributed by atoms with Gasteiger partial charge in [-0.25, -0.2) is 13.4 Å². The minimum absolute atomic E-state index is 0.125. The fraction of sp³-hybridized carbons (Fsp3) is 0.400. The summed E-state index contributed by atoms with van der Waals surface area (Å²) < 4.78 is 21.8. The molecule has 6 nitrogen and oxygen atoms in total. The predicted molar refractivity (Wildman–Crippen MR) is 66.2 cm³/mol. The van der Waals surface area contributed by atoms with Crippen LogP contribution in [0.5, 0.6) is 0 Å². The van der Waals surface area contributed by atoms with Crippen LogP contribution in [-0.2, 0) is 9.84 Å². The lowest BCUT2D eigenvalue weighted by Crippen LogP contribution is -2.10. The van der Waals surface area contributed by atoms with Crippen LogP contribution in [0.2, 0.25) is 0 Å². The third kappa shape index (κ3) is 4.70. The van der Waals surface area contributed by atoms with Crippen molar-refractivity contribution < 1.29 is 8.42 Å². The van der Waals surface area contributed by atoms with Crippen molar-refractivity contribution in [2.75, 3.05) is 29.6 Å². The summed E-state index contributed by atoms with van der Waals surface area (Å²) >= 11 is 0. The number of nitriles is 1. The fourth-order valence-electron chi connectivity index (χ4n) is 1.21. The van der Waals surface area contributed by atoms with E-state index >= 15 is 0 Å². The lowest BCUT2D eigenvalue weighted by Gasteiger charge is -2.06. The number of nitrogens with zero attached hydrogens (tertiary/aromatic N) is 2. The molecule has 1 heterocycles. The van der Waals surface area contributed by atoms with Crippen LogP contribution in [0.4, 0.5) is 11.5 Å². The molecular formula is C10H14N4O2S. The van der Waals surface area contributed by atoms with Gasteiger partial charge in [-0.05, 0) is 18.6 Å². The van der Waals surface area contributed by atoms with Crippen LogP contribution in [0.1, 0.15) is 12.1 Å². The summed E-state index contributed by atoms with van der Waals surface area (Å²) in [5.41, 5.74) is 6.01. The molecule has 0 aliphatic carbocycles. The Morgan fingerprint density at radius 1 is 1.53 bits per heavy atom. The summed E-state index contributed by atoms with van der Waals surface area (Å²) in [7, 11) is -2.93. The average molecular weight is 254 g/mol. The standard InChI is InChI=1S/C10H14N4O2S/c1-17(15,16)6-2-5-13-10-4-3-8(12)9(7-11)14-10/h3-4H,2,5-6,12H2,1H3,(H,13,14). The van der Waals surface area contributed by atoms with Gasteiger partial charge >= 0.3 is 0 Å². The maximum atomic E-state index is 10.9. The molecule has 0 aromatic carbocycles. The molecule has 1 aromatic rings. The first-order chi connectivity index (χ1) is 7.92. The van der Waals surface area contributed by atoms with Gasteiger partial charge in [-0.3, -0.25) is 0 Å². The molecule has 0 aliphatic heterocycles. The van der Waals surface area contributed by atoms with Crippen molar-refractivity contribution in [3.8, 4) is 6.07 Å². The quantitative estimate of drug-likeness (QED) is 0.735. The first-order valence-corrected chi connectivity index (χ1v) is 7.06. The van der Waals surface area contributed by atoms with Crippen LogP contribution in [0.25, 0.3) is 0 Å². The zero-order valence-corrected chi connectivity index (χ0v) is 10.3. The van der Waals surface area contributed by atoms with Gasteiger partial charge in [-0.1, -0.05) is 0 Å². The Hall–Kier alpha value is -1.81. The number of hydrogen-bond donors (Lipinski definition) is 2. The van der Waals surface area contributed by atoms with E-state index in [1.54, 1.807) is 12.1 Å². The van der Waals surface area contributed by atoms with E-state index in [0.717, 1.165) is 0 Å². The van der Waals surface area contributed by atoms with Crippen molar-refractivity contribution in [1.29, 1.82) is 5.26 Å². The predicted octanol–water partition coefficient (Wildman–Crippen LogP) is 0.382. The number of aromatic nitrogens is 1. The Bertz CT molecular complexity index is 534. The first-order valence-electron chi connectivity index (χ1n) is 5.00. The fourth-order valence-corrected chi connectivity index (χ4v) is 1.88. The molecule has 0 radical (unpaired) electrons. The summed E-state index contributed by atoms with van der Waals surface area (Å²) in [4.78, 5) is 3.98. The monoisotopic (exact) mass is 254 g/mol. The molecule has 1 rings (SSSR count). The second kappa shape index (κ2) is 5.50. The second-order valence-corrected chi connectivity index (χ2v) is 5.92. The lowest BCUT2D eigenvalue weighted by atomic mass is 10.3. The number of nitrogens with one attached hydrogen (secondary N) is 1. The SMILES string of the molecule is CS(=O)(=O)CCCNc1ccc(N)c(C#N)n1. The maximum absolute atomic E-state index is 10.9. The van der Waals surface area contributed by atoms with E-state index in [1.165, 1.54) is 6.26 Å². The van der Waals surface area contributed by atoms with Crippen LogP contribution < -0.4 is 11.1 Å². The number of nitrogens with two attached hydrogens (primary N) is 1. The van der Waals surface area contributed by atoms with Crippen molar-refractivity contribution in [3.05, 3.63) is 17.8 Å². The molecule has 0 saturated heterocycles. The van der Waals surface area contributed by atoms with Crippen LogP contribution in [0.3, 0.4) is 0 Å². The van der Waals surface area contributed by atoms with E-state index in [-0.39, 0.29) is 11.4 Å². The van der Waals surface area contributed by atoms with E-state index in [2.05, 4.69) is 10.3 Å². The van der Waals surface area contributed by atoms with Gasteiger partial charge < -0.3 is 11.1 Å². The molecule has 3 N–H and O–H groups in total. The minimum atomic E-state index is -2.93. The minimum Gasteiger partial charge on any atom is -0.396 e. The van der Waals surface area contributed by atoms with E-state index in [4.69, 9.17) is 11.0 Å². The molecular weight excluding hydrogens is 240 g/mol. The maximum Gasteiger partial charge on any atom is 0.165 e. The second-order valence-electron chi connectivity index (χ2n) is 3.66. The molecule has 0 atom stereocenters. The van der Waals surface area contributed by atoms with Gasteiger partial charge in [0, 0.05) is 12.8 Å². The van der Waals surface area contributed by atoms with Crippen molar-refractivity contribution in [2.45, 2.75) is 6.42 Å². The van der Waals surface area contributed by atoms with E-state index < -0.39 is 9.84 Å². The number of hydrogen-bond acceptors (Lipinski definition) is 6. The van der Waals surface area contributed by atoms with Gasteiger partial charge in [-0.15, -0.1) is 0 Å². The molecule has 0 amide bonds. The Morgan fingerprint density at radius 3 is 2.82 bits per heavy atom.